The van der Waals surface area contributed by atoms with E-state index in [1.165, 1.54) is 19.3 Å². The standard InChI is InChI=1S/C23H36N2O4/c1-18(8-13-26)23(9-5-10-23)17-24-15-19-6-7-20(21(14-19)28-2)29-16-22(27)25-11-3-4-12-25/h6-7,14,18,24,26H,3-5,8-13,15-17H2,1-2H3/t18-/m0/s1. The van der Waals surface area contributed by atoms with Gasteiger partial charge < -0.3 is 24.8 Å². The number of aliphatic hydroxyl groups is 1. The maximum atomic E-state index is 12.2. The van der Waals surface area contributed by atoms with Gasteiger partial charge in [0.1, 0.15) is 0 Å². The number of nitrogens with one attached hydrogen (secondary N) is 1. The molecule has 162 valence electrons. The average molecular weight is 405 g/mol. The normalized spacial score (nSPS) is 18.9. The van der Waals surface area contributed by atoms with Crippen molar-refractivity contribution in [1.29, 1.82) is 0 Å². The third-order valence-electron chi connectivity index (χ3n) is 6.80. The van der Waals surface area contributed by atoms with E-state index in [0.717, 1.165) is 51.0 Å². The largest absolute Gasteiger partial charge is 0.493 e. The molecule has 0 aromatic heterocycles. The van der Waals surface area contributed by atoms with Crippen LogP contribution in [0, 0.1) is 11.3 Å². The summed E-state index contributed by atoms with van der Waals surface area (Å²) in [6.07, 6.45) is 6.80. The molecule has 1 saturated heterocycles. The lowest BCUT2D eigenvalue weighted by Crippen LogP contribution is -2.44. The number of amides is 1. The number of hydrogen-bond donors (Lipinski definition) is 2. The van der Waals surface area contributed by atoms with E-state index in [-0.39, 0.29) is 19.1 Å². The van der Waals surface area contributed by atoms with Crippen molar-refractivity contribution >= 4 is 5.91 Å². The maximum Gasteiger partial charge on any atom is 0.260 e. The number of likely N-dealkylation sites (tertiary alicyclic amines) is 1. The molecule has 1 aliphatic heterocycles. The van der Waals surface area contributed by atoms with Crippen molar-refractivity contribution < 1.29 is 19.4 Å². The molecular weight excluding hydrogens is 368 g/mol. The molecule has 0 unspecified atom stereocenters. The van der Waals surface area contributed by atoms with Crippen molar-refractivity contribution in [2.45, 2.75) is 52.0 Å². The summed E-state index contributed by atoms with van der Waals surface area (Å²) in [6.45, 7) is 5.98. The quantitative estimate of drug-likeness (QED) is 0.593. The Labute approximate surface area is 174 Å². The number of nitrogens with zero attached hydrogens (tertiary/aromatic N) is 1. The third kappa shape index (κ3) is 5.43. The van der Waals surface area contributed by atoms with E-state index in [2.05, 4.69) is 12.2 Å². The Morgan fingerprint density at radius 3 is 2.62 bits per heavy atom. The number of methoxy groups -OCH3 is 1. The minimum Gasteiger partial charge on any atom is -0.493 e. The summed E-state index contributed by atoms with van der Waals surface area (Å²) >= 11 is 0. The Morgan fingerprint density at radius 1 is 1.24 bits per heavy atom. The molecule has 1 atom stereocenters. The van der Waals surface area contributed by atoms with Crippen LogP contribution in [0.25, 0.3) is 0 Å². The predicted molar refractivity (Wildman–Crippen MR) is 113 cm³/mol. The molecule has 2 fully saturated rings. The van der Waals surface area contributed by atoms with Crippen LogP contribution in [0.4, 0.5) is 0 Å². The van der Waals surface area contributed by atoms with Crippen molar-refractivity contribution in [3.8, 4) is 11.5 Å². The lowest BCUT2D eigenvalue weighted by atomic mass is 9.60. The van der Waals surface area contributed by atoms with Gasteiger partial charge in [-0.15, -0.1) is 0 Å². The van der Waals surface area contributed by atoms with Gasteiger partial charge in [0.2, 0.25) is 0 Å². The molecule has 1 aromatic rings. The molecule has 0 bridgehead atoms. The highest BCUT2D eigenvalue weighted by Gasteiger charge is 2.40. The summed E-state index contributed by atoms with van der Waals surface area (Å²) in [5, 5.41) is 12.9. The zero-order valence-electron chi connectivity index (χ0n) is 17.9. The summed E-state index contributed by atoms with van der Waals surface area (Å²) in [4.78, 5) is 14.1. The summed E-state index contributed by atoms with van der Waals surface area (Å²) in [7, 11) is 1.63. The Bertz CT molecular complexity index is 669. The first-order valence-corrected chi connectivity index (χ1v) is 11.0. The minimum atomic E-state index is 0.0399. The fraction of sp³-hybridized carbons (Fsp3) is 0.696. The molecule has 1 heterocycles. The van der Waals surface area contributed by atoms with Crippen LogP contribution in [0.5, 0.6) is 11.5 Å². The lowest BCUT2D eigenvalue weighted by Gasteiger charge is -2.47. The second kappa shape index (κ2) is 10.3. The molecule has 1 saturated carbocycles. The highest BCUT2D eigenvalue weighted by atomic mass is 16.5. The van der Waals surface area contributed by atoms with Gasteiger partial charge in [0.15, 0.2) is 18.1 Å². The molecule has 0 radical (unpaired) electrons. The molecule has 2 aliphatic rings. The zero-order chi connectivity index (χ0) is 20.7. The van der Waals surface area contributed by atoms with Crippen LogP contribution in [0.3, 0.4) is 0 Å². The highest BCUT2D eigenvalue weighted by molar-refractivity contribution is 5.78. The molecule has 29 heavy (non-hydrogen) atoms. The van der Waals surface area contributed by atoms with E-state index in [1.54, 1.807) is 7.11 Å². The number of ether oxygens (including phenoxy) is 2. The molecule has 3 rings (SSSR count). The Hall–Kier alpha value is -1.79. The van der Waals surface area contributed by atoms with Crippen molar-refractivity contribution in [3.05, 3.63) is 23.8 Å². The molecule has 1 aromatic carbocycles. The van der Waals surface area contributed by atoms with E-state index < -0.39 is 0 Å². The smallest absolute Gasteiger partial charge is 0.260 e. The first kappa shape index (κ1) is 21.9. The lowest BCUT2D eigenvalue weighted by molar-refractivity contribution is -0.132. The van der Waals surface area contributed by atoms with Crippen LogP contribution < -0.4 is 14.8 Å². The number of benzene rings is 1. The predicted octanol–water partition coefficient (Wildman–Crippen LogP) is 2.97. The Kier molecular flexibility index (Phi) is 7.78. The minimum absolute atomic E-state index is 0.0399. The van der Waals surface area contributed by atoms with E-state index in [4.69, 9.17) is 9.47 Å². The van der Waals surface area contributed by atoms with E-state index in [9.17, 15) is 9.90 Å². The van der Waals surface area contributed by atoms with Crippen molar-refractivity contribution in [3.63, 3.8) is 0 Å². The second-order valence-corrected chi connectivity index (χ2v) is 8.59. The van der Waals surface area contributed by atoms with Gasteiger partial charge in [-0.05, 0) is 61.1 Å². The van der Waals surface area contributed by atoms with Gasteiger partial charge in [-0.3, -0.25) is 4.79 Å². The average Bonchev–Trinajstić information content (AvgIpc) is 3.23. The van der Waals surface area contributed by atoms with Gasteiger partial charge in [0, 0.05) is 32.8 Å². The summed E-state index contributed by atoms with van der Waals surface area (Å²) in [6, 6.07) is 5.89. The van der Waals surface area contributed by atoms with Crippen molar-refractivity contribution in [2.75, 3.05) is 40.0 Å². The van der Waals surface area contributed by atoms with Crippen LogP contribution in [-0.4, -0.2) is 55.9 Å². The first-order chi connectivity index (χ1) is 14.1. The SMILES string of the molecule is COc1cc(CNCC2([C@@H](C)CCO)CCC2)ccc1OCC(=O)N1CCCC1. The van der Waals surface area contributed by atoms with E-state index in [1.807, 2.05) is 23.1 Å². The number of rotatable bonds is 11. The number of hydrogen-bond acceptors (Lipinski definition) is 5. The summed E-state index contributed by atoms with van der Waals surface area (Å²) in [5.74, 6) is 1.84. The van der Waals surface area contributed by atoms with Crippen LogP contribution in [0.15, 0.2) is 18.2 Å². The van der Waals surface area contributed by atoms with Gasteiger partial charge in [-0.2, -0.15) is 0 Å². The van der Waals surface area contributed by atoms with Gasteiger partial charge >= 0.3 is 0 Å². The maximum absolute atomic E-state index is 12.2. The monoisotopic (exact) mass is 404 g/mol. The first-order valence-electron chi connectivity index (χ1n) is 11.0. The molecule has 0 spiro atoms. The van der Waals surface area contributed by atoms with Gasteiger partial charge in [-0.1, -0.05) is 19.4 Å². The highest BCUT2D eigenvalue weighted by Crippen LogP contribution is 2.47. The number of carbonyl (C=O) groups is 1. The molecule has 1 amide bonds. The zero-order valence-corrected chi connectivity index (χ0v) is 17.9. The van der Waals surface area contributed by atoms with Crippen molar-refractivity contribution in [1.82, 2.24) is 10.2 Å². The fourth-order valence-electron chi connectivity index (χ4n) is 4.57. The summed E-state index contributed by atoms with van der Waals surface area (Å²) < 4.78 is 11.2. The number of carbonyl (C=O) groups excluding carboxylic acids is 1. The Balaban J connectivity index is 1.51. The molecular formula is C23H36N2O4. The fourth-order valence-corrected chi connectivity index (χ4v) is 4.57. The molecule has 2 N–H and O–H groups in total. The topological polar surface area (TPSA) is 71.0 Å². The van der Waals surface area contributed by atoms with Gasteiger partial charge in [-0.25, -0.2) is 0 Å². The van der Waals surface area contributed by atoms with Crippen molar-refractivity contribution in [2.24, 2.45) is 11.3 Å². The molecule has 6 heteroatoms. The van der Waals surface area contributed by atoms with Gasteiger partial charge in [0.05, 0.1) is 7.11 Å². The van der Waals surface area contributed by atoms with Gasteiger partial charge in [0.25, 0.3) is 5.91 Å². The van der Waals surface area contributed by atoms with Crippen LogP contribution in [0.2, 0.25) is 0 Å². The van der Waals surface area contributed by atoms with E-state index >= 15 is 0 Å². The molecule has 6 nitrogen and oxygen atoms in total. The number of aliphatic hydroxyl groups excluding tert-OH is 1. The Morgan fingerprint density at radius 2 is 2.00 bits per heavy atom. The third-order valence-corrected chi connectivity index (χ3v) is 6.80. The molecule has 1 aliphatic carbocycles. The van der Waals surface area contributed by atoms with Crippen LogP contribution in [0.1, 0.15) is 51.0 Å². The second-order valence-electron chi connectivity index (χ2n) is 8.59. The van der Waals surface area contributed by atoms with E-state index in [0.29, 0.717) is 22.8 Å². The van der Waals surface area contributed by atoms with Crippen LogP contribution in [-0.2, 0) is 11.3 Å². The van der Waals surface area contributed by atoms with Crippen LogP contribution >= 0.6 is 0 Å². The summed E-state index contributed by atoms with van der Waals surface area (Å²) in [5.41, 5.74) is 1.45.